The maximum Gasteiger partial charge on any atom is 0.212 e. The van der Waals surface area contributed by atoms with E-state index in [9.17, 15) is 0 Å². The molecule has 0 radical (unpaired) electrons. The molecule has 0 aliphatic carbocycles. The molecule has 1 aliphatic heterocycles. The third kappa shape index (κ3) is 3.38. The van der Waals surface area contributed by atoms with E-state index in [2.05, 4.69) is 28.9 Å². The third-order valence-electron chi connectivity index (χ3n) is 4.82. The average molecular weight is 408 g/mol. The van der Waals surface area contributed by atoms with Gasteiger partial charge in [-0.1, -0.05) is 54.9 Å². The van der Waals surface area contributed by atoms with E-state index < -0.39 is 0 Å². The molecule has 0 saturated carbocycles. The van der Waals surface area contributed by atoms with Crippen molar-refractivity contribution in [3.05, 3.63) is 40.8 Å². The number of aromatic nitrogens is 4. The van der Waals surface area contributed by atoms with Crippen molar-refractivity contribution in [2.24, 2.45) is 5.41 Å². The summed E-state index contributed by atoms with van der Waals surface area (Å²) in [6.45, 7) is 6.61. The van der Waals surface area contributed by atoms with Gasteiger partial charge in [-0.25, -0.2) is 9.38 Å². The van der Waals surface area contributed by atoms with Crippen LogP contribution < -0.4 is 4.90 Å². The number of hydrogen-bond donors (Lipinski definition) is 0. The van der Waals surface area contributed by atoms with E-state index in [4.69, 9.17) is 28.2 Å². The lowest BCUT2D eigenvalue weighted by molar-refractivity contribution is 0.278. The molecular weight excluding hydrogens is 389 g/mol. The summed E-state index contributed by atoms with van der Waals surface area (Å²) in [5.41, 5.74) is 1.17. The molecular formula is C18H19Cl2N5S. The SMILES string of the molecule is CC1(C)CCN(c2ncc(Sc3cccc(Cl)c3Cl)c3nncn23)CC1. The first-order chi connectivity index (χ1) is 12.4. The summed E-state index contributed by atoms with van der Waals surface area (Å²) in [7, 11) is 0. The summed E-state index contributed by atoms with van der Waals surface area (Å²) >= 11 is 13.9. The van der Waals surface area contributed by atoms with E-state index in [1.807, 2.05) is 22.7 Å². The van der Waals surface area contributed by atoms with Crippen LogP contribution in [-0.2, 0) is 0 Å². The normalized spacial score (nSPS) is 17.0. The van der Waals surface area contributed by atoms with E-state index in [-0.39, 0.29) is 0 Å². The fraction of sp³-hybridized carbons (Fsp3) is 0.389. The molecule has 0 atom stereocenters. The number of anilines is 1. The Bertz CT molecular complexity index is 946. The zero-order valence-electron chi connectivity index (χ0n) is 14.6. The first kappa shape index (κ1) is 17.9. The molecule has 8 heteroatoms. The van der Waals surface area contributed by atoms with Crippen molar-refractivity contribution in [2.75, 3.05) is 18.0 Å². The van der Waals surface area contributed by atoms with Crippen molar-refractivity contribution in [1.82, 2.24) is 19.6 Å². The molecule has 1 fully saturated rings. The summed E-state index contributed by atoms with van der Waals surface area (Å²) in [6, 6.07) is 5.60. The average Bonchev–Trinajstić information content (AvgIpc) is 3.10. The summed E-state index contributed by atoms with van der Waals surface area (Å²) in [5.74, 6) is 0.891. The molecule has 1 aromatic carbocycles. The van der Waals surface area contributed by atoms with Gasteiger partial charge in [-0.3, -0.25) is 0 Å². The van der Waals surface area contributed by atoms with Gasteiger partial charge in [0.25, 0.3) is 0 Å². The number of benzene rings is 1. The number of rotatable bonds is 3. The zero-order valence-corrected chi connectivity index (χ0v) is 16.9. The van der Waals surface area contributed by atoms with Crippen LogP contribution in [0.5, 0.6) is 0 Å². The summed E-state index contributed by atoms with van der Waals surface area (Å²) in [5, 5.41) is 9.48. The van der Waals surface area contributed by atoms with Crippen molar-refractivity contribution in [3.63, 3.8) is 0 Å². The van der Waals surface area contributed by atoms with Crippen LogP contribution in [0, 0.1) is 5.41 Å². The summed E-state index contributed by atoms with van der Waals surface area (Å²) < 4.78 is 1.96. The summed E-state index contributed by atoms with van der Waals surface area (Å²) in [4.78, 5) is 8.79. The van der Waals surface area contributed by atoms with Gasteiger partial charge in [-0.15, -0.1) is 10.2 Å². The van der Waals surface area contributed by atoms with Crippen LogP contribution in [0.3, 0.4) is 0 Å². The lowest BCUT2D eigenvalue weighted by atomic mass is 9.83. The Hall–Kier alpha value is -1.50. The Morgan fingerprint density at radius 3 is 2.65 bits per heavy atom. The van der Waals surface area contributed by atoms with Gasteiger partial charge in [0.15, 0.2) is 5.65 Å². The highest BCUT2D eigenvalue weighted by Gasteiger charge is 2.27. The van der Waals surface area contributed by atoms with E-state index in [0.717, 1.165) is 47.3 Å². The predicted molar refractivity (Wildman–Crippen MR) is 107 cm³/mol. The van der Waals surface area contributed by atoms with Crippen molar-refractivity contribution < 1.29 is 0 Å². The van der Waals surface area contributed by atoms with Crippen LogP contribution in [0.2, 0.25) is 10.0 Å². The van der Waals surface area contributed by atoms with Crippen LogP contribution in [0.4, 0.5) is 5.95 Å². The summed E-state index contributed by atoms with van der Waals surface area (Å²) in [6.07, 6.45) is 5.86. The number of piperidine rings is 1. The van der Waals surface area contributed by atoms with E-state index in [0.29, 0.717) is 15.5 Å². The van der Waals surface area contributed by atoms with Crippen LogP contribution in [0.1, 0.15) is 26.7 Å². The van der Waals surface area contributed by atoms with Gasteiger partial charge in [0, 0.05) is 24.2 Å². The second kappa shape index (κ2) is 6.91. The molecule has 0 bridgehead atoms. The van der Waals surface area contributed by atoms with E-state index in [1.54, 1.807) is 12.4 Å². The number of hydrogen-bond acceptors (Lipinski definition) is 5. The molecule has 4 rings (SSSR count). The second-order valence-corrected chi connectivity index (χ2v) is 9.12. The first-order valence-electron chi connectivity index (χ1n) is 8.50. The largest absolute Gasteiger partial charge is 0.342 e. The minimum absolute atomic E-state index is 0.391. The molecule has 0 spiro atoms. The molecule has 5 nitrogen and oxygen atoms in total. The maximum atomic E-state index is 6.32. The molecule has 2 aromatic heterocycles. The Labute approximate surface area is 166 Å². The van der Waals surface area contributed by atoms with Gasteiger partial charge in [0.1, 0.15) is 6.33 Å². The molecule has 0 unspecified atom stereocenters. The lowest BCUT2D eigenvalue weighted by Crippen LogP contribution is -2.38. The highest BCUT2D eigenvalue weighted by atomic mass is 35.5. The standard InChI is InChI=1S/C18H19Cl2N5S/c1-18(2)6-8-24(9-7-18)17-21-10-14(16-23-22-11-25(16)17)26-13-5-3-4-12(19)15(13)20/h3-5,10-11H,6-9H2,1-2H3. The maximum absolute atomic E-state index is 6.32. The molecule has 3 aromatic rings. The molecule has 1 aliphatic rings. The molecule has 3 heterocycles. The number of fused-ring (bicyclic) bond motifs is 1. The van der Waals surface area contributed by atoms with Crippen LogP contribution in [0.25, 0.3) is 5.65 Å². The van der Waals surface area contributed by atoms with Crippen molar-refractivity contribution >= 4 is 46.6 Å². The quantitative estimate of drug-likeness (QED) is 0.596. The highest BCUT2D eigenvalue weighted by Crippen LogP contribution is 2.39. The Balaban J connectivity index is 1.67. The molecule has 0 amide bonds. The van der Waals surface area contributed by atoms with Crippen LogP contribution >= 0.6 is 35.0 Å². The van der Waals surface area contributed by atoms with Crippen LogP contribution in [-0.4, -0.2) is 32.7 Å². The number of nitrogens with zero attached hydrogens (tertiary/aromatic N) is 5. The fourth-order valence-corrected chi connectivity index (χ4v) is 4.48. The van der Waals surface area contributed by atoms with Gasteiger partial charge in [-0.05, 0) is 30.4 Å². The van der Waals surface area contributed by atoms with Crippen molar-refractivity contribution in [2.45, 2.75) is 36.5 Å². The smallest absolute Gasteiger partial charge is 0.212 e. The topological polar surface area (TPSA) is 46.3 Å². The highest BCUT2D eigenvalue weighted by molar-refractivity contribution is 7.99. The molecule has 136 valence electrons. The van der Waals surface area contributed by atoms with Gasteiger partial charge in [0.2, 0.25) is 5.95 Å². The Morgan fingerprint density at radius 2 is 1.88 bits per heavy atom. The Morgan fingerprint density at radius 1 is 1.12 bits per heavy atom. The minimum atomic E-state index is 0.391. The third-order valence-corrected chi connectivity index (χ3v) is 6.82. The molecule has 0 N–H and O–H groups in total. The second-order valence-electron chi connectivity index (χ2n) is 7.25. The van der Waals surface area contributed by atoms with Gasteiger partial charge in [-0.2, -0.15) is 0 Å². The first-order valence-corrected chi connectivity index (χ1v) is 10.1. The Kier molecular flexibility index (Phi) is 4.75. The molecule has 1 saturated heterocycles. The van der Waals surface area contributed by atoms with Gasteiger partial charge in [0.05, 0.1) is 14.9 Å². The fourth-order valence-electron chi connectivity index (χ4n) is 3.09. The van der Waals surface area contributed by atoms with E-state index >= 15 is 0 Å². The van der Waals surface area contributed by atoms with Crippen molar-refractivity contribution in [3.8, 4) is 0 Å². The minimum Gasteiger partial charge on any atom is -0.342 e. The van der Waals surface area contributed by atoms with E-state index in [1.165, 1.54) is 11.8 Å². The van der Waals surface area contributed by atoms with Crippen molar-refractivity contribution in [1.29, 1.82) is 0 Å². The van der Waals surface area contributed by atoms with Gasteiger partial charge >= 0.3 is 0 Å². The predicted octanol–water partition coefficient (Wildman–Crippen LogP) is 5.21. The lowest BCUT2D eigenvalue weighted by Gasteiger charge is -2.37. The number of halogens is 2. The monoisotopic (exact) mass is 407 g/mol. The van der Waals surface area contributed by atoms with Gasteiger partial charge < -0.3 is 4.90 Å². The molecule has 26 heavy (non-hydrogen) atoms. The van der Waals surface area contributed by atoms with Crippen LogP contribution in [0.15, 0.2) is 40.5 Å². The zero-order chi connectivity index (χ0) is 18.3.